The number of nitrogens with one attached hydrogen (secondary N) is 1. The Morgan fingerprint density at radius 2 is 1.85 bits per heavy atom. The van der Waals surface area contributed by atoms with Crippen molar-refractivity contribution in [3.63, 3.8) is 0 Å². The van der Waals surface area contributed by atoms with Crippen LogP contribution in [-0.2, 0) is 6.54 Å². The first-order valence-electron chi connectivity index (χ1n) is 8.17. The summed E-state index contributed by atoms with van der Waals surface area (Å²) in [6, 6.07) is 10.8. The molecule has 2 rings (SSSR count). The van der Waals surface area contributed by atoms with Crippen molar-refractivity contribution in [3.8, 4) is 0 Å². The van der Waals surface area contributed by atoms with E-state index in [0.29, 0.717) is 5.41 Å². The molecule has 1 aliphatic rings. The van der Waals surface area contributed by atoms with Gasteiger partial charge in [0.25, 0.3) is 0 Å². The molecule has 0 radical (unpaired) electrons. The summed E-state index contributed by atoms with van der Waals surface area (Å²) >= 11 is 0. The average molecular weight is 274 g/mol. The van der Waals surface area contributed by atoms with Crippen molar-refractivity contribution < 1.29 is 0 Å². The molecule has 1 aliphatic carbocycles. The van der Waals surface area contributed by atoms with E-state index in [1.807, 2.05) is 0 Å². The van der Waals surface area contributed by atoms with Crippen molar-refractivity contribution in [2.45, 2.75) is 45.6 Å². The Morgan fingerprint density at radius 1 is 1.15 bits per heavy atom. The minimum atomic E-state index is 0.513. The Balaban J connectivity index is 1.87. The molecule has 1 fully saturated rings. The highest BCUT2D eigenvalue weighted by Crippen LogP contribution is 2.38. The number of benzene rings is 1. The van der Waals surface area contributed by atoms with Crippen molar-refractivity contribution >= 4 is 0 Å². The fraction of sp³-hybridized carbons (Fsp3) is 0.667. The predicted octanol–water partition coefficient (Wildman–Crippen LogP) is 3.68. The Hall–Kier alpha value is -0.860. The molecule has 0 amide bonds. The monoisotopic (exact) mass is 274 g/mol. The molecule has 0 unspecified atom stereocenters. The van der Waals surface area contributed by atoms with E-state index in [-0.39, 0.29) is 0 Å². The summed E-state index contributed by atoms with van der Waals surface area (Å²) in [6.07, 6.45) is 6.83. The second-order valence-electron chi connectivity index (χ2n) is 6.54. The van der Waals surface area contributed by atoms with Crippen LogP contribution in [0.15, 0.2) is 30.3 Å². The minimum absolute atomic E-state index is 0.513. The maximum absolute atomic E-state index is 3.66. The van der Waals surface area contributed by atoms with Gasteiger partial charge in [0, 0.05) is 19.6 Å². The van der Waals surface area contributed by atoms with E-state index in [9.17, 15) is 0 Å². The SMILES string of the molecule is CCCNCC1(CN(C)Cc2ccccc2)CCCC1. The van der Waals surface area contributed by atoms with Crippen molar-refractivity contribution in [1.82, 2.24) is 10.2 Å². The normalized spacial score (nSPS) is 17.8. The van der Waals surface area contributed by atoms with Crippen LogP contribution >= 0.6 is 0 Å². The molecule has 0 bridgehead atoms. The zero-order valence-electron chi connectivity index (χ0n) is 13.2. The van der Waals surface area contributed by atoms with Gasteiger partial charge in [-0.1, -0.05) is 50.1 Å². The van der Waals surface area contributed by atoms with Gasteiger partial charge in [-0.25, -0.2) is 0 Å². The van der Waals surface area contributed by atoms with Crippen LogP contribution in [0.3, 0.4) is 0 Å². The first kappa shape index (κ1) is 15.5. The third-order valence-corrected chi connectivity index (χ3v) is 4.49. The van der Waals surface area contributed by atoms with Gasteiger partial charge in [-0.2, -0.15) is 0 Å². The van der Waals surface area contributed by atoms with Crippen molar-refractivity contribution in [3.05, 3.63) is 35.9 Å². The molecule has 2 heteroatoms. The number of nitrogens with zero attached hydrogens (tertiary/aromatic N) is 1. The van der Waals surface area contributed by atoms with Gasteiger partial charge >= 0.3 is 0 Å². The van der Waals surface area contributed by atoms with E-state index >= 15 is 0 Å². The Morgan fingerprint density at radius 3 is 2.50 bits per heavy atom. The van der Waals surface area contributed by atoms with Gasteiger partial charge in [-0.05, 0) is 43.8 Å². The average Bonchev–Trinajstić information content (AvgIpc) is 2.88. The van der Waals surface area contributed by atoms with Crippen molar-refractivity contribution in [2.75, 3.05) is 26.7 Å². The largest absolute Gasteiger partial charge is 0.316 e. The molecule has 0 saturated heterocycles. The zero-order chi connectivity index (χ0) is 14.3. The van der Waals surface area contributed by atoms with Gasteiger partial charge in [0.05, 0.1) is 0 Å². The first-order chi connectivity index (χ1) is 9.74. The fourth-order valence-electron chi connectivity index (χ4n) is 3.57. The Labute approximate surface area is 124 Å². The van der Waals surface area contributed by atoms with E-state index in [2.05, 4.69) is 54.5 Å². The fourth-order valence-corrected chi connectivity index (χ4v) is 3.57. The lowest BCUT2D eigenvalue weighted by atomic mass is 9.85. The van der Waals surface area contributed by atoms with Gasteiger partial charge in [-0.3, -0.25) is 0 Å². The Kier molecular flexibility index (Phi) is 6.06. The van der Waals surface area contributed by atoms with Gasteiger partial charge in [0.1, 0.15) is 0 Å². The highest BCUT2D eigenvalue weighted by molar-refractivity contribution is 5.14. The summed E-state index contributed by atoms with van der Waals surface area (Å²) in [5.74, 6) is 0. The summed E-state index contributed by atoms with van der Waals surface area (Å²) in [5, 5.41) is 3.66. The van der Waals surface area contributed by atoms with Gasteiger partial charge in [0.15, 0.2) is 0 Å². The van der Waals surface area contributed by atoms with Crippen LogP contribution in [0, 0.1) is 5.41 Å². The second-order valence-corrected chi connectivity index (χ2v) is 6.54. The number of hydrogen-bond donors (Lipinski definition) is 1. The molecule has 0 aliphatic heterocycles. The highest BCUT2D eigenvalue weighted by Gasteiger charge is 2.34. The number of rotatable bonds is 8. The maximum Gasteiger partial charge on any atom is 0.0230 e. The molecule has 0 aromatic heterocycles. The van der Waals surface area contributed by atoms with E-state index < -0.39 is 0 Å². The van der Waals surface area contributed by atoms with E-state index in [1.54, 1.807) is 0 Å². The van der Waals surface area contributed by atoms with E-state index in [1.165, 1.54) is 50.8 Å². The molecule has 0 spiro atoms. The molecule has 2 nitrogen and oxygen atoms in total. The van der Waals surface area contributed by atoms with Gasteiger partial charge in [-0.15, -0.1) is 0 Å². The molecule has 1 aromatic rings. The molecular weight excluding hydrogens is 244 g/mol. The third-order valence-electron chi connectivity index (χ3n) is 4.49. The van der Waals surface area contributed by atoms with E-state index in [0.717, 1.165) is 13.1 Å². The lowest BCUT2D eigenvalue weighted by Gasteiger charge is -2.34. The number of hydrogen-bond acceptors (Lipinski definition) is 2. The molecule has 1 aromatic carbocycles. The van der Waals surface area contributed by atoms with Crippen LogP contribution in [0.4, 0.5) is 0 Å². The predicted molar refractivity (Wildman–Crippen MR) is 86.8 cm³/mol. The summed E-state index contributed by atoms with van der Waals surface area (Å²) in [5.41, 5.74) is 1.93. The van der Waals surface area contributed by atoms with Crippen molar-refractivity contribution in [2.24, 2.45) is 5.41 Å². The van der Waals surface area contributed by atoms with Crippen molar-refractivity contribution in [1.29, 1.82) is 0 Å². The van der Waals surface area contributed by atoms with Crippen LogP contribution in [-0.4, -0.2) is 31.6 Å². The summed E-state index contributed by atoms with van der Waals surface area (Å²) in [7, 11) is 2.27. The molecule has 1 saturated carbocycles. The quantitative estimate of drug-likeness (QED) is 0.728. The molecule has 0 heterocycles. The molecule has 20 heavy (non-hydrogen) atoms. The molecule has 1 N–H and O–H groups in total. The van der Waals surface area contributed by atoms with Crippen LogP contribution in [0.1, 0.15) is 44.6 Å². The highest BCUT2D eigenvalue weighted by atomic mass is 15.1. The van der Waals surface area contributed by atoms with Gasteiger partial charge in [0.2, 0.25) is 0 Å². The topological polar surface area (TPSA) is 15.3 Å². The van der Waals surface area contributed by atoms with Crippen LogP contribution in [0.5, 0.6) is 0 Å². The minimum Gasteiger partial charge on any atom is -0.316 e. The summed E-state index contributed by atoms with van der Waals surface area (Å²) < 4.78 is 0. The molecule has 112 valence electrons. The maximum atomic E-state index is 3.66. The van der Waals surface area contributed by atoms with Crippen LogP contribution in [0.2, 0.25) is 0 Å². The zero-order valence-corrected chi connectivity index (χ0v) is 13.2. The first-order valence-corrected chi connectivity index (χ1v) is 8.17. The van der Waals surface area contributed by atoms with E-state index in [4.69, 9.17) is 0 Å². The lowest BCUT2D eigenvalue weighted by molar-refractivity contribution is 0.168. The van der Waals surface area contributed by atoms with Crippen LogP contribution < -0.4 is 5.32 Å². The van der Waals surface area contributed by atoms with Crippen LogP contribution in [0.25, 0.3) is 0 Å². The molecular formula is C18H30N2. The van der Waals surface area contributed by atoms with Gasteiger partial charge < -0.3 is 10.2 Å². The third kappa shape index (κ3) is 4.60. The smallest absolute Gasteiger partial charge is 0.0230 e. The summed E-state index contributed by atoms with van der Waals surface area (Å²) in [6.45, 7) is 6.88. The Bertz CT molecular complexity index is 368. The standard InChI is InChI=1S/C18H30N2/c1-3-13-19-15-18(11-7-8-12-18)16-20(2)14-17-9-5-4-6-10-17/h4-6,9-10,19H,3,7-8,11-16H2,1-2H3. The molecule has 0 atom stereocenters. The lowest BCUT2D eigenvalue weighted by Crippen LogP contribution is -2.41. The summed E-state index contributed by atoms with van der Waals surface area (Å²) in [4.78, 5) is 2.51. The second kappa shape index (κ2) is 7.80.